The molecule has 2 rings (SSSR count). The van der Waals surface area contributed by atoms with Crippen molar-refractivity contribution in [3.05, 3.63) is 46.1 Å². The zero-order valence-electron chi connectivity index (χ0n) is 10.8. The Morgan fingerprint density at radius 2 is 2.11 bits per heavy atom. The Bertz CT molecular complexity index is 585. The van der Waals surface area contributed by atoms with Gasteiger partial charge in [0.25, 0.3) is 0 Å². The molecule has 0 amide bonds. The molecule has 1 atom stereocenters. The highest BCUT2D eigenvalue weighted by molar-refractivity contribution is 5.26. The van der Waals surface area contributed by atoms with Gasteiger partial charge in [-0.25, -0.2) is 9.89 Å². The molecule has 0 aliphatic heterocycles. The molecule has 102 valence electrons. The van der Waals surface area contributed by atoms with Crippen LogP contribution in [0, 0.1) is 0 Å². The number of H-pyrrole nitrogens is 1. The Balaban J connectivity index is 2.17. The van der Waals surface area contributed by atoms with Crippen molar-refractivity contribution in [1.82, 2.24) is 14.8 Å². The van der Waals surface area contributed by atoms with E-state index in [0.29, 0.717) is 18.8 Å². The van der Waals surface area contributed by atoms with Gasteiger partial charge in [-0.15, -0.1) is 0 Å². The average Bonchev–Trinajstić information content (AvgIpc) is 2.75. The summed E-state index contributed by atoms with van der Waals surface area (Å²) in [6, 6.07) is 6.50. The molecule has 0 aliphatic carbocycles. The first-order chi connectivity index (χ1) is 9.11. The Morgan fingerprint density at radius 3 is 2.74 bits per heavy atom. The lowest BCUT2D eigenvalue weighted by molar-refractivity contribution is 0.475. The fraction of sp³-hybridized carbons (Fsp3) is 0.385. The van der Waals surface area contributed by atoms with Gasteiger partial charge in [0, 0.05) is 6.54 Å². The standard InChI is InChI=1S/C13H18N4O2/c1-2-7-17-12(15-16-13(17)19)11(14)8-9-3-5-10(18)6-4-9/h3-6,11,18H,2,7-8,14H2,1H3,(H,16,19). The third-order valence-corrected chi connectivity index (χ3v) is 2.96. The SMILES string of the molecule is CCCn1c(C(N)Cc2ccc(O)cc2)n[nH]c1=O. The van der Waals surface area contributed by atoms with Crippen LogP contribution in [-0.2, 0) is 13.0 Å². The van der Waals surface area contributed by atoms with Gasteiger partial charge < -0.3 is 10.8 Å². The minimum Gasteiger partial charge on any atom is -0.508 e. The second kappa shape index (κ2) is 5.71. The molecule has 2 aromatic rings. The van der Waals surface area contributed by atoms with Crippen LogP contribution in [0.3, 0.4) is 0 Å². The van der Waals surface area contributed by atoms with Crippen LogP contribution in [0.1, 0.15) is 30.8 Å². The van der Waals surface area contributed by atoms with Crippen LogP contribution >= 0.6 is 0 Å². The van der Waals surface area contributed by atoms with E-state index in [1.807, 2.05) is 19.1 Å². The maximum Gasteiger partial charge on any atom is 0.343 e. The van der Waals surface area contributed by atoms with Gasteiger partial charge in [0.1, 0.15) is 5.75 Å². The number of aromatic nitrogens is 3. The zero-order valence-corrected chi connectivity index (χ0v) is 10.8. The number of phenols is 1. The van der Waals surface area contributed by atoms with Crippen LogP contribution in [0.5, 0.6) is 5.75 Å². The van der Waals surface area contributed by atoms with Gasteiger partial charge in [0.15, 0.2) is 5.82 Å². The Hall–Kier alpha value is -2.08. The zero-order chi connectivity index (χ0) is 13.8. The first-order valence-electron chi connectivity index (χ1n) is 6.30. The summed E-state index contributed by atoms with van der Waals surface area (Å²) < 4.78 is 1.57. The molecule has 4 N–H and O–H groups in total. The molecule has 6 heteroatoms. The molecule has 0 bridgehead atoms. The maximum atomic E-state index is 11.6. The smallest absolute Gasteiger partial charge is 0.343 e. The number of nitrogens with zero attached hydrogens (tertiary/aromatic N) is 2. The van der Waals surface area contributed by atoms with Crippen molar-refractivity contribution in [2.75, 3.05) is 0 Å². The largest absolute Gasteiger partial charge is 0.508 e. The van der Waals surface area contributed by atoms with Gasteiger partial charge in [-0.2, -0.15) is 5.10 Å². The number of phenolic OH excluding ortho intramolecular Hbond substituents is 1. The Morgan fingerprint density at radius 1 is 1.42 bits per heavy atom. The van der Waals surface area contributed by atoms with Crippen LogP contribution in [0.4, 0.5) is 0 Å². The van der Waals surface area contributed by atoms with Crippen molar-refractivity contribution < 1.29 is 5.11 Å². The molecular formula is C13H18N4O2. The topological polar surface area (TPSA) is 96.9 Å². The lowest BCUT2D eigenvalue weighted by Gasteiger charge is -2.12. The molecule has 0 aliphatic rings. The van der Waals surface area contributed by atoms with E-state index in [0.717, 1.165) is 12.0 Å². The van der Waals surface area contributed by atoms with Crippen molar-refractivity contribution in [2.24, 2.45) is 5.73 Å². The predicted octanol–water partition coefficient (Wildman–Crippen LogP) is 0.929. The molecule has 0 saturated heterocycles. The average molecular weight is 262 g/mol. The molecule has 0 radical (unpaired) electrons. The molecular weight excluding hydrogens is 244 g/mol. The lowest BCUT2D eigenvalue weighted by atomic mass is 10.1. The summed E-state index contributed by atoms with van der Waals surface area (Å²) in [4.78, 5) is 11.6. The van der Waals surface area contributed by atoms with Crippen LogP contribution in [-0.4, -0.2) is 19.9 Å². The first kappa shape index (κ1) is 13.4. The van der Waals surface area contributed by atoms with Gasteiger partial charge in [-0.1, -0.05) is 19.1 Å². The number of aromatic amines is 1. The van der Waals surface area contributed by atoms with Crippen LogP contribution in [0.15, 0.2) is 29.1 Å². The van der Waals surface area contributed by atoms with E-state index >= 15 is 0 Å². The highest BCUT2D eigenvalue weighted by Gasteiger charge is 2.16. The molecule has 6 nitrogen and oxygen atoms in total. The molecule has 0 saturated carbocycles. The molecule has 0 spiro atoms. The van der Waals surface area contributed by atoms with E-state index in [4.69, 9.17) is 5.73 Å². The summed E-state index contributed by atoms with van der Waals surface area (Å²) >= 11 is 0. The van der Waals surface area contributed by atoms with Crippen LogP contribution in [0.2, 0.25) is 0 Å². The van der Waals surface area contributed by atoms with E-state index in [-0.39, 0.29) is 17.5 Å². The molecule has 0 fully saturated rings. The number of nitrogens with two attached hydrogens (primary N) is 1. The molecule has 1 unspecified atom stereocenters. The minimum atomic E-state index is -0.352. The van der Waals surface area contributed by atoms with E-state index in [9.17, 15) is 9.90 Å². The third kappa shape index (κ3) is 3.03. The summed E-state index contributed by atoms with van der Waals surface area (Å²) in [5.41, 5.74) is 6.87. The molecule has 1 aromatic carbocycles. The van der Waals surface area contributed by atoms with Gasteiger partial charge in [-0.05, 0) is 30.5 Å². The minimum absolute atomic E-state index is 0.222. The van der Waals surface area contributed by atoms with E-state index in [1.54, 1.807) is 16.7 Å². The monoisotopic (exact) mass is 262 g/mol. The summed E-state index contributed by atoms with van der Waals surface area (Å²) in [7, 11) is 0. The van der Waals surface area contributed by atoms with Crippen molar-refractivity contribution in [1.29, 1.82) is 0 Å². The molecule has 1 aromatic heterocycles. The summed E-state index contributed by atoms with van der Waals surface area (Å²) in [6.07, 6.45) is 1.41. The fourth-order valence-corrected chi connectivity index (χ4v) is 2.03. The second-order valence-corrected chi connectivity index (χ2v) is 4.52. The van der Waals surface area contributed by atoms with Gasteiger partial charge in [0.2, 0.25) is 0 Å². The van der Waals surface area contributed by atoms with Gasteiger partial charge in [-0.3, -0.25) is 4.57 Å². The maximum absolute atomic E-state index is 11.6. The number of rotatable bonds is 5. The van der Waals surface area contributed by atoms with Gasteiger partial charge >= 0.3 is 5.69 Å². The summed E-state index contributed by atoms with van der Waals surface area (Å²) in [5.74, 6) is 0.792. The number of aromatic hydroxyl groups is 1. The highest BCUT2D eigenvalue weighted by atomic mass is 16.3. The van der Waals surface area contributed by atoms with E-state index in [2.05, 4.69) is 10.2 Å². The number of hydrogen-bond donors (Lipinski definition) is 3. The van der Waals surface area contributed by atoms with Crippen LogP contribution < -0.4 is 11.4 Å². The van der Waals surface area contributed by atoms with Crippen LogP contribution in [0.25, 0.3) is 0 Å². The third-order valence-electron chi connectivity index (χ3n) is 2.96. The van der Waals surface area contributed by atoms with Gasteiger partial charge in [0.05, 0.1) is 6.04 Å². The summed E-state index contributed by atoms with van der Waals surface area (Å²) in [5, 5.41) is 15.7. The van der Waals surface area contributed by atoms with E-state index in [1.165, 1.54) is 0 Å². The Labute approximate surface area is 110 Å². The first-order valence-corrected chi connectivity index (χ1v) is 6.30. The fourth-order valence-electron chi connectivity index (χ4n) is 2.03. The highest BCUT2D eigenvalue weighted by Crippen LogP contribution is 2.16. The van der Waals surface area contributed by atoms with Crippen molar-refractivity contribution in [3.8, 4) is 5.75 Å². The number of benzene rings is 1. The Kier molecular flexibility index (Phi) is 4.01. The normalized spacial score (nSPS) is 12.5. The molecule has 19 heavy (non-hydrogen) atoms. The van der Waals surface area contributed by atoms with Crippen molar-refractivity contribution >= 4 is 0 Å². The van der Waals surface area contributed by atoms with E-state index < -0.39 is 0 Å². The summed E-state index contributed by atoms with van der Waals surface area (Å²) in [6.45, 7) is 2.60. The molecule has 1 heterocycles. The number of nitrogens with one attached hydrogen (secondary N) is 1. The second-order valence-electron chi connectivity index (χ2n) is 4.52. The van der Waals surface area contributed by atoms with Crippen molar-refractivity contribution in [3.63, 3.8) is 0 Å². The quantitative estimate of drug-likeness (QED) is 0.746. The van der Waals surface area contributed by atoms with Crippen molar-refractivity contribution in [2.45, 2.75) is 32.4 Å². The number of hydrogen-bond acceptors (Lipinski definition) is 4. The lowest BCUT2D eigenvalue weighted by Crippen LogP contribution is -2.24. The predicted molar refractivity (Wildman–Crippen MR) is 71.9 cm³/mol.